The largest absolute Gasteiger partial charge is 0.392 e. The van der Waals surface area contributed by atoms with Crippen LogP contribution in [0.4, 0.5) is 0 Å². The van der Waals surface area contributed by atoms with Gasteiger partial charge in [-0.05, 0) is 99.3 Å². The molecule has 0 heterocycles. The van der Waals surface area contributed by atoms with Gasteiger partial charge in [0.05, 0.1) is 6.61 Å². The van der Waals surface area contributed by atoms with E-state index in [1.165, 1.54) is 39.0 Å². The summed E-state index contributed by atoms with van der Waals surface area (Å²) in [5, 5.41) is 9.38. The molecule has 0 bridgehead atoms. The van der Waals surface area contributed by atoms with Crippen LogP contribution in [0.5, 0.6) is 0 Å². The van der Waals surface area contributed by atoms with Gasteiger partial charge in [0.1, 0.15) is 0 Å². The maximum atomic E-state index is 9.38. The number of hydrogen-bond donors (Lipinski definition) is 1. The van der Waals surface area contributed by atoms with Crippen LogP contribution in [0.2, 0.25) is 0 Å². The monoisotopic (exact) mass is 620 g/mol. The van der Waals surface area contributed by atoms with Crippen LogP contribution in [0.15, 0.2) is 154 Å². The number of aliphatic hydroxyl groups excluding tert-OH is 1. The molecule has 1 aliphatic rings. The molecule has 1 rings (SSSR count). The predicted octanol–water partition coefficient (Wildman–Crippen LogP) is 13.2. The zero-order valence-corrected chi connectivity index (χ0v) is 31.0. The van der Waals surface area contributed by atoms with Crippen molar-refractivity contribution in [1.29, 1.82) is 0 Å². The lowest BCUT2D eigenvalue weighted by Gasteiger charge is -2.43. The summed E-state index contributed by atoms with van der Waals surface area (Å²) in [5.41, 5.74) is 10.4. The highest BCUT2D eigenvalue weighted by atomic mass is 16.3. The van der Waals surface area contributed by atoms with Crippen molar-refractivity contribution in [2.75, 3.05) is 6.61 Å². The lowest BCUT2D eigenvalue weighted by Crippen LogP contribution is -2.35. The molecule has 0 fully saturated rings. The van der Waals surface area contributed by atoms with E-state index in [2.05, 4.69) is 179 Å². The van der Waals surface area contributed by atoms with Crippen molar-refractivity contribution in [3.63, 3.8) is 0 Å². The Morgan fingerprint density at radius 3 is 1.72 bits per heavy atom. The Labute approximate surface area is 284 Å². The summed E-state index contributed by atoms with van der Waals surface area (Å²) >= 11 is 0. The second-order valence-corrected chi connectivity index (χ2v) is 13.9. The van der Waals surface area contributed by atoms with Crippen LogP contribution in [-0.2, 0) is 0 Å². The first-order valence-corrected chi connectivity index (χ1v) is 17.1. The molecule has 0 aliphatic heterocycles. The summed E-state index contributed by atoms with van der Waals surface area (Å²) in [4.78, 5) is 0. The Bertz CT molecular complexity index is 1360. The van der Waals surface area contributed by atoms with Crippen molar-refractivity contribution in [2.24, 2.45) is 17.3 Å². The van der Waals surface area contributed by atoms with Crippen LogP contribution in [0.1, 0.15) is 102 Å². The van der Waals surface area contributed by atoms with Gasteiger partial charge in [0.15, 0.2) is 0 Å². The molecule has 2 unspecified atom stereocenters. The average molecular weight is 621 g/mol. The Balaban J connectivity index is 2.68. The van der Waals surface area contributed by atoms with Gasteiger partial charge in [-0.15, -0.1) is 0 Å². The molecular formula is C45H64O. The summed E-state index contributed by atoms with van der Waals surface area (Å²) in [5.74, 6) is 0.983. The minimum absolute atomic E-state index is 0.148. The standard InChI is InChI=1S/C45H64O/c1-35(2)18-14-21-38(5)24-16-26-39(6)25-15-22-36(3)19-12-13-20-37(4)23-17-27-40(7)29-33-44-42(9)30-32-43(45(44,10)11)31-28-41(8)34-46/h12-13,15-20,22-30,33,43-44,46H,14,21,31-32,34H2,1-11H3/b13-12+,22-15+,23-17+,26-16+,33-29+,36-19+,37-20+,38-24+,39-25+,40-27+,41-28+. The van der Waals surface area contributed by atoms with Crippen LogP contribution >= 0.6 is 0 Å². The second kappa shape index (κ2) is 22.2. The minimum atomic E-state index is 0.148. The highest BCUT2D eigenvalue weighted by molar-refractivity contribution is 5.33. The maximum absolute atomic E-state index is 9.38. The van der Waals surface area contributed by atoms with Crippen molar-refractivity contribution in [1.82, 2.24) is 0 Å². The smallest absolute Gasteiger partial charge is 0.0639 e. The van der Waals surface area contributed by atoms with E-state index in [-0.39, 0.29) is 12.0 Å². The predicted molar refractivity (Wildman–Crippen MR) is 208 cm³/mol. The fourth-order valence-corrected chi connectivity index (χ4v) is 5.43. The average Bonchev–Trinajstić information content (AvgIpc) is 2.98. The van der Waals surface area contributed by atoms with E-state index >= 15 is 0 Å². The van der Waals surface area contributed by atoms with Crippen LogP contribution in [0.25, 0.3) is 0 Å². The Kier molecular flexibility index (Phi) is 19.6. The lowest BCUT2D eigenvalue weighted by molar-refractivity contribution is 0.154. The van der Waals surface area contributed by atoms with Crippen molar-refractivity contribution < 1.29 is 5.11 Å². The highest BCUT2D eigenvalue weighted by Crippen LogP contribution is 2.47. The summed E-state index contributed by atoms with van der Waals surface area (Å²) < 4.78 is 0. The summed E-state index contributed by atoms with van der Waals surface area (Å²) in [6, 6.07) is 0. The molecule has 1 N–H and O–H groups in total. The van der Waals surface area contributed by atoms with Crippen LogP contribution in [0.3, 0.4) is 0 Å². The van der Waals surface area contributed by atoms with Gasteiger partial charge in [0.25, 0.3) is 0 Å². The second-order valence-electron chi connectivity index (χ2n) is 13.9. The van der Waals surface area contributed by atoms with Gasteiger partial charge < -0.3 is 5.11 Å². The summed E-state index contributed by atoms with van der Waals surface area (Å²) in [7, 11) is 0. The van der Waals surface area contributed by atoms with Crippen molar-refractivity contribution in [3.05, 3.63) is 154 Å². The summed E-state index contributed by atoms with van der Waals surface area (Å²) in [6.07, 6.45) is 43.8. The van der Waals surface area contributed by atoms with Gasteiger partial charge in [0, 0.05) is 5.92 Å². The Hall–Kier alpha value is -3.42. The van der Waals surface area contributed by atoms with Crippen LogP contribution in [-0.4, -0.2) is 11.7 Å². The molecule has 250 valence electrons. The third kappa shape index (κ3) is 17.3. The normalized spacial score (nSPS) is 21.1. The fourth-order valence-electron chi connectivity index (χ4n) is 5.43. The van der Waals surface area contributed by atoms with Crippen molar-refractivity contribution >= 4 is 0 Å². The number of allylic oxidation sites excluding steroid dienone is 25. The van der Waals surface area contributed by atoms with Gasteiger partial charge in [-0.1, -0.05) is 168 Å². The zero-order chi connectivity index (χ0) is 34.5. The first-order valence-electron chi connectivity index (χ1n) is 17.1. The molecular weight excluding hydrogens is 556 g/mol. The topological polar surface area (TPSA) is 20.2 Å². The molecule has 46 heavy (non-hydrogen) atoms. The Morgan fingerprint density at radius 2 is 1.20 bits per heavy atom. The van der Waals surface area contributed by atoms with Crippen LogP contribution in [0, 0.1) is 17.3 Å². The molecule has 0 radical (unpaired) electrons. The SMILES string of the molecule is CC(C)=CCC/C(C)=C/C=C/C(C)=C/C=C/C(C)=C/C=C/C=C(C)/C=C/C=C(C)/C=C/C1C(C)=CCC(C/C=C(\C)CO)C1(C)C. The number of rotatable bonds is 16. The van der Waals surface area contributed by atoms with Gasteiger partial charge in [0.2, 0.25) is 0 Å². The fraction of sp³-hybridized carbons (Fsp3) is 0.422. The molecule has 0 aromatic carbocycles. The third-order valence-electron chi connectivity index (χ3n) is 8.72. The number of aliphatic hydroxyl groups is 1. The molecule has 2 atom stereocenters. The lowest BCUT2D eigenvalue weighted by atomic mass is 9.61. The number of hydrogen-bond acceptors (Lipinski definition) is 1. The van der Waals surface area contributed by atoms with E-state index < -0.39 is 0 Å². The maximum Gasteiger partial charge on any atom is 0.0639 e. The van der Waals surface area contributed by atoms with E-state index in [1.807, 2.05) is 6.92 Å². The van der Waals surface area contributed by atoms with Crippen molar-refractivity contribution in [3.8, 4) is 0 Å². The molecule has 0 saturated carbocycles. The first-order chi connectivity index (χ1) is 21.8. The molecule has 0 spiro atoms. The molecule has 0 amide bonds. The van der Waals surface area contributed by atoms with Gasteiger partial charge >= 0.3 is 0 Å². The molecule has 0 aromatic heterocycles. The highest BCUT2D eigenvalue weighted by Gasteiger charge is 2.38. The molecule has 0 saturated heterocycles. The Morgan fingerprint density at radius 1 is 0.696 bits per heavy atom. The van der Waals surface area contributed by atoms with E-state index in [0.29, 0.717) is 11.8 Å². The van der Waals surface area contributed by atoms with E-state index in [4.69, 9.17) is 0 Å². The van der Waals surface area contributed by atoms with E-state index in [9.17, 15) is 5.11 Å². The van der Waals surface area contributed by atoms with Gasteiger partial charge in [-0.25, -0.2) is 0 Å². The van der Waals surface area contributed by atoms with Crippen molar-refractivity contribution in [2.45, 2.75) is 102 Å². The molecule has 1 nitrogen and oxygen atoms in total. The molecule has 0 aromatic rings. The zero-order valence-electron chi connectivity index (χ0n) is 31.0. The van der Waals surface area contributed by atoms with Gasteiger partial charge in [-0.2, -0.15) is 0 Å². The molecule has 1 aliphatic carbocycles. The third-order valence-corrected chi connectivity index (χ3v) is 8.72. The van der Waals surface area contributed by atoms with Crippen LogP contribution < -0.4 is 0 Å². The quantitative estimate of drug-likeness (QED) is 0.134. The first kappa shape index (κ1) is 40.6. The minimum Gasteiger partial charge on any atom is -0.392 e. The van der Waals surface area contributed by atoms with Gasteiger partial charge in [-0.3, -0.25) is 0 Å². The summed E-state index contributed by atoms with van der Waals surface area (Å²) in [6.45, 7) is 24.3. The van der Waals surface area contributed by atoms with E-state index in [0.717, 1.165) is 31.3 Å². The van der Waals surface area contributed by atoms with E-state index in [1.54, 1.807) is 0 Å². The molecule has 1 heteroatoms.